The summed E-state index contributed by atoms with van der Waals surface area (Å²) in [6, 6.07) is 2.48. The number of rotatable bonds is 4. The van der Waals surface area contributed by atoms with E-state index in [1.807, 2.05) is 0 Å². The molecule has 1 fully saturated rings. The maximum Gasteiger partial charge on any atom is 0.290 e. The summed E-state index contributed by atoms with van der Waals surface area (Å²) in [6.45, 7) is 4.82. The van der Waals surface area contributed by atoms with Gasteiger partial charge in [-0.15, -0.1) is 0 Å². The fourth-order valence-corrected chi connectivity index (χ4v) is 2.47. The van der Waals surface area contributed by atoms with E-state index >= 15 is 0 Å². The van der Waals surface area contributed by atoms with Gasteiger partial charge in [0.15, 0.2) is 0 Å². The van der Waals surface area contributed by atoms with Crippen molar-refractivity contribution >= 4 is 34.8 Å². The fraction of sp³-hybridized carbons (Fsp3) is 0.462. The summed E-state index contributed by atoms with van der Waals surface area (Å²) < 4.78 is 0. The van der Waals surface area contributed by atoms with Crippen molar-refractivity contribution < 1.29 is 9.72 Å². The van der Waals surface area contributed by atoms with Gasteiger partial charge in [-0.25, -0.2) is 0 Å². The molecule has 20 heavy (non-hydrogen) atoms. The molecule has 0 radical (unpaired) electrons. The Kier molecular flexibility index (Phi) is 3.93. The first-order valence-corrected chi connectivity index (χ1v) is 6.89. The van der Waals surface area contributed by atoms with Crippen molar-refractivity contribution in [2.45, 2.75) is 20.3 Å². The van der Waals surface area contributed by atoms with Crippen LogP contribution in [0, 0.1) is 21.4 Å². The van der Waals surface area contributed by atoms with Crippen molar-refractivity contribution in [3.05, 3.63) is 37.9 Å². The van der Waals surface area contributed by atoms with Gasteiger partial charge >= 0.3 is 0 Å². The van der Waals surface area contributed by atoms with Crippen LogP contribution in [0.15, 0.2) is 12.1 Å². The number of benzene rings is 1. The maximum atomic E-state index is 12.0. The second-order valence-corrected chi connectivity index (χ2v) is 6.43. The zero-order valence-corrected chi connectivity index (χ0v) is 12.6. The van der Waals surface area contributed by atoms with E-state index in [-0.39, 0.29) is 32.6 Å². The van der Waals surface area contributed by atoms with E-state index in [2.05, 4.69) is 19.2 Å². The number of hydrogen-bond acceptors (Lipinski definition) is 3. The highest BCUT2D eigenvalue weighted by Gasteiger charge is 2.45. The van der Waals surface area contributed by atoms with Crippen molar-refractivity contribution in [2.75, 3.05) is 6.54 Å². The van der Waals surface area contributed by atoms with E-state index < -0.39 is 4.92 Å². The molecular formula is C13H14Cl2N2O3. The first kappa shape index (κ1) is 15.1. The number of amides is 1. The molecule has 0 heterocycles. The molecule has 0 saturated heterocycles. The van der Waals surface area contributed by atoms with Crippen LogP contribution < -0.4 is 5.32 Å². The van der Waals surface area contributed by atoms with E-state index in [9.17, 15) is 14.9 Å². The highest BCUT2D eigenvalue weighted by molar-refractivity contribution is 6.43. The van der Waals surface area contributed by atoms with Crippen LogP contribution >= 0.6 is 23.2 Å². The van der Waals surface area contributed by atoms with Crippen LogP contribution in [-0.4, -0.2) is 17.4 Å². The van der Waals surface area contributed by atoms with Crippen molar-refractivity contribution in [3.63, 3.8) is 0 Å². The van der Waals surface area contributed by atoms with Gasteiger partial charge in [-0.2, -0.15) is 0 Å². The molecule has 0 bridgehead atoms. The van der Waals surface area contributed by atoms with E-state index in [4.69, 9.17) is 23.2 Å². The molecule has 1 aromatic rings. The van der Waals surface area contributed by atoms with Gasteiger partial charge in [0.1, 0.15) is 5.02 Å². The molecule has 0 aliphatic heterocycles. The Morgan fingerprint density at radius 3 is 2.60 bits per heavy atom. The summed E-state index contributed by atoms with van der Waals surface area (Å²) in [7, 11) is 0. The van der Waals surface area contributed by atoms with Crippen molar-refractivity contribution in [1.82, 2.24) is 5.32 Å². The molecule has 1 amide bonds. The third-order valence-electron chi connectivity index (χ3n) is 3.69. The Morgan fingerprint density at radius 1 is 1.50 bits per heavy atom. The molecule has 1 atom stereocenters. The molecule has 2 rings (SSSR count). The molecule has 1 saturated carbocycles. The lowest BCUT2D eigenvalue weighted by Crippen LogP contribution is -2.26. The average molecular weight is 317 g/mol. The third kappa shape index (κ3) is 3.04. The Morgan fingerprint density at radius 2 is 2.10 bits per heavy atom. The number of nitro benzene ring substituents is 1. The molecule has 1 aliphatic carbocycles. The lowest BCUT2D eigenvalue weighted by Gasteiger charge is -2.07. The maximum absolute atomic E-state index is 12.0. The summed E-state index contributed by atoms with van der Waals surface area (Å²) in [5.74, 6) is 0.0681. The van der Waals surface area contributed by atoms with Gasteiger partial charge < -0.3 is 5.32 Å². The Hall–Kier alpha value is -1.33. The smallest absolute Gasteiger partial charge is 0.290 e. The van der Waals surface area contributed by atoms with E-state index in [0.29, 0.717) is 12.5 Å². The lowest BCUT2D eigenvalue weighted by molar-refractivity contribution is -0.384. The number of hydrogen-bond donors (Lipinski definition) is 1. The van der Waals surface area contributed by atoms with Crippen LogP contribution in [0.2, 0.25) is 10.0 Å². The number of carbonyl (C=O) groups excluding carboxylic acids is 1. The summed E-state index contributed by atoms with van der Waals surface area (Å²) in [6.07, 6.45) is 1.06. The predicted octanol–water partition coefficient (Wildman–Crippen LogP) is 3.68. The third-order valence-corrected chi connectivity index (χ3v) is 4.49. The number of halogens is 2. The first-order chi connectivity index (χ1) is 9.22. The second-order valence-electron chi connectivity index (χ2n) is 5.65. The molecule has 108 valence electrons. The van der Waals surface area contributed by atoms with Gasteiger partial charge in [0.2, 0.25) is 0 Å². The predicted molar refractivity (Wildman–Crippen MR) is 77.3 cm³/mol. The zero-order valence-electron chi connectivity index (χ0n) is 11.1. The van der Waals surface area contributed by atoms with Gasteiger partial charge in [-0.3, -0.25) is 14.9 Å². The van der Waals surface area contributed by atoms with E-state index in [1.54, 1.807) is 0 Å². The quantitative estimate of drug-likeness (QED) is 0.680. The zero-order chi connectivity index (χ0) is 15.1. The first-order valence-electron chi connectivity index (χ1n) is 6.14. The van der Waals surface area contributed by atoms with E-state index in [1.165, 1.54) is 6.07 Å². The van der Waals surface area contributed by atoms with Crippen LogP contribution in [0.3, 0.4) is 0 Å². The van der Waals surface area contributed by atoms with Crippen molar-refractivity contribution in [2.24, 2.45) is 11.3 Å². The SMILES string of the molecule is CC1(C)CC1CNC(=O)c1cc(Cl)c(Cl)c([N+](=O)[O-])c1. The number of nitrogens with zero attached hydrogens (tertiary/aromatic N) is 1. The summed E-state index contributed by atoms with van der Waals surface area (Å²) >= 11 is 11.5. The monoisotopic (exact) mass is 316 g/mol. The Bertz CT molecular complexity index is 587. The molecule has 0 aromatic heterocycles. The Balaban J connectivity index is 2.12. The normalized spacial score (nSPS) is 19.5. The minimum Gasteiger partial charge on any atom is -0.352 e. The highest BCUT2D eigenvalue weighted by atomic mass is 35.5. The van der Waals surface area contributed by atoms with Crippen LogP contribution in [0.4, 0.5) is 5.69 Å². The topological polar surface area (TPSA) is 72.2 Å². The van der Waals surface area contributed by atoms with Crippen LogP contribution in [-0.2, 0) is 0 Å². The van der Waals surface area contributed by atoms with Crippen LogP contribution in [0.5, 0.6) is 0 Å². The molecule has 1 aliphatic rings. The molecule has 0 spiro atoms. The average Bonchev–Trinajstić information content (AvgIpc) is 2.97. The molecular weight excluding hydrogens is 303 g/mol. The van der Waals surface area contributed by atoms with Gasteiger partial charge in [-0.1, -0.05) is 37.0 Å². The summed E-state index contributed by atoms with van der Waals surface area (Å²) in [5.41, 5.74) is 0.0392. The molecule has 1 unspecified atom stereocenters. The molecule has 5 nitrogen and oxygen atoms in total. The number of nitro groups is 1. The standard InChI is InChI=1S/C13H14Cl2N2O3/c1-13(2)5-8(13)6-16-12(18)7-3-9(14)11(15)10(4-7)17(19)20/h3-4,8H,5-6H2,1-2H3,(H,16,18). The lowest BCUT2D eigenvalue weighted by atomic mass is 10.1. The van der Waals surface area contributed by atoms with Crippen molar-refractivity contribution in [1.29, 1.82) is 0 Å². The highest BCUT2D eigenvalue weighted by Crippen LogP contribution is 2.51. The van der Waals surface area contributed by atoms with Gasteiger partial charge in [-0.05, 0) is 23.8 Å². The van der Waals surface area contributed by atoms with Gasteiger partial charge in [0.05, 0.1) is 9.95 Å². The van der Waals surface area contributed by atoms with Crippen LogP contribution in [0.25, 0.3) is 0 Å². The summed E-state index contributed by atoms with van der Waals surface area (Å²) in [5, 5.41) is 13.4. The molecule has 7 heteroatoms. The van der Waals surface area contributed by atoms with Crippen LogP contribution in [0.1, 0.15) is 30.6 Å². The van der Waals surface area contributed by atoms with Gasteiger partial charge in [0, 0.05) is 18.2 Å². The van der Waals surface area contributed by atoms with E-state index in [0.717, 1.165) is 12.5 Å². The minimum atomic E-state index is -0.658. The minimum absolute atomic E-state index is 0.00207. The second kappa shape index (κ2) is 5.22. The largest absolute Gasteiger partial charge is 0.352 e. The number of nitrogens with one attached hydrogen (secondary N) is 1. The van der Waals surface area contributed by atoms with Gasteiger partial charge in [0.25, 0.3) is 11.6 Å². The molecule has 1 N–H and O–H groups in total. The van der Waals surface area contributed by atoms with Crippen molar-refractivity contribution in [3.8, 4) is 0 Å². The summed E-state index contributed by atoms with van der Waals surface area (Å²) in [4.78, 5) is 22.2. The Labute approximate surface area is 126 Å². The molecule has 1 aromatic carbocycles. The fourth-order valence-electron chi connectivity index (χ4n) is 2.08. The number of carbonyl (C=O) groups is 1.